The van der Waals surface area contributed by atoms with E-state index in [-0.39, 0.29) is 18.5 Å². The second-order valence-electron chi connectivity index (χ2n) is 5.00. The van der Waals surface area contributed by atoms with Gasteiger partial charge in [-0.05, 0) is 44.2 Å². The maximum Gasteiger partial charge on any atom is 0.308 e. The number of rotatable bonds is 4. The second kappa shape index (κ2) is 6.24. The summed E-state index contributed by atoms with van der Waals surface area (Å²) in [7, 11) is 0. The van der Waals surface area contributed by atoms with Gasteiger partial charge < -0.3 is 10.4 Å². The van der Waals surface area contributed by atoms with Crippen molar-refractivity contribution in [1.29, 1.82) is 0 Å². The van der Waals surface area contributed by atoms with Gasteiger partial charge in [-0.3, -0.25) is 14.5 Å². The first-order chi connectivity index (χ1) is 9.47. The van der Waals surface area contributed by atoms with E-state index < -0.39 is 11.9 Å². The minimum atomic E-state index is -0.793. The van der Waals surface area contributed by atoms with E-state index in [4.69, 9.17) is 16.7 Å². The van der Waals surface area contributed by atoms with Crippen molar-refractivity contribution in [2.24, 2.45) is 5.92 Å². The van der Waals surface area contributed by atoms with Gasteiger partial charge in [0.2, 0.25) is 5.91 Å². The molecule has 2 rings (SSSR count). The topological polar surface area (TPSA) is 69.6 Å². The summed E-state index contributed by atoms with van der Waals surface area (Å²) in [4.78, 5) is 24.9. The lowest BCUT2D eigenvalue weighted by molar-refractivity contribution is -0.142. The third kappa shape index (κ3) is 3.49. The number of hydrogen-bond donors (Lipinski definition) is 2. The van der Waals surface area contributed by atoms with Crippen LogP contribution in [0.2, 0.25) is 5.02 Å². The molecule has 1 aromatic rings. The number of benzene rings is 1. The third-order valence-electron chi connectivity index (χ3n) is 3.68. The summed E-state index contributed by atoms with van der Waals surface area (Å²) < 4.78 is 0. The highest BCUT2D eigenvalue weighted by Gasteiger charge is 2.36. The zero-order chi connectivity index (χ0) is 14.7. The van der Waals surface area contributed by atoms with Gasteiger partial charge in [0.25, 0.3) is 0 Å². The van der Waals surface area contributed by atoms with E-state index in [1.807, 2.05) is 11.8 Å². The Kier molecular flexibility index (Phi) is 4.62. The largest absolute Gasteiger partial charge is 0.481 e. The van der Waals surface area contributed by atoms with Gasteiger partial charge in [-0.1, -0.05) is 11.6 Å². The molecule has 0 aliphatic carbocycles. The smallest absolute Gasteiger partial charge is 0.308 e. The van der Waals surface area contributed by atoms with Crippen LogP contribution in [-0.4, -0.2) is 41.0 Å². The Balaban J connectivity index is 1.89. The minimum absolute atomic E-state index is 0.122. The number of nitrogens with zero attached hydrogens (tertiary/aromatic N) is 1. The molecule has 0 saturated carbocycles. The Bertz CT molecular complexity index is 504. The van der Waals surface area contributed by atoms with Crippen LogP contribution in [0.25, 0.3) is 0 Å². The Labute approximate surface area is 122 Å². The number of carbonyl (C=O) groups is 2. The molecule has 20 heavy (non-hydrogen) atoms. The molecule has 0 aromatic heterocycles. The van der Waals surface area contributed by atoms with Crippen molar-refractivity contribution < 1.29 is 14.7 Å². The maximum atomic E-state index is 11.9. The number of halogens is 1. The van der Waals surface area contributed by atoms with Crippen LogP contribution in [0.3, 0.4) is 0 Å². The van der Waals surface area contributed by atoms with Crippen molar-refractivity contribution >= 4 is 29.2 Å². The van der Waals surface area contributed by atoms with Gasteiger partial charge in [0.15, 0.2) is 0 Å². The highest BCUT2D eigenvalue weighted by atomic mass is 35.5. The molecule has 1 aliphatic rings. The summed E-state index contributed by atoms with van der Waals surface area (Å²) in [6, 6.07) is 6.75. The summed E-state index contributed by atoms with van der Waals surface area (Å²) in [6.45, 7) is 2.68. The zero-order valence-corrected chi connectivity index (χ0v) is 11.9. The Morgan fingerprint density at radius 3 is 2.60 bits per heavy atom. The zero-order valence-electron chi connectivity index (χ0n) is 11.2. The Hall–Kier alpha value is -1.59. The van der Waals surface area contributed by atoms with Crippen LogP contribution >= 0.6 is 11.6 Å². The average Bonchev–Trinajstić information content (AvgIpc) is 2.74. The fraction of sp³-hybridized carbons (Fsp3) is 0.429. The van der Waals surface area contributed by atoms with Gasteiger partial charge in [-0.25, -0.2) is 0 Å². The van der Waals surface area contributed by atoms with Crippen molar-refractivity contribution in [3.8, 4) is 0 Å². The third-order valence-corrected chi connectivity index (χ3v) is 3.93. The molecule has 1 aromatic carbocycles. The lowest BCUT2D eigenvalue weighted by Crippen LogP contribution is -2.38. The van der Waals surface area contributed by atoms with Crippen LogP contribution in [0, 0.1) is 5.92 Å². The quantitative estimate of drug-likeness (QED) is 0.892. The molecule has 6 heteroatoms. The molecule has 1 aliphatic heterocycles. The van der Waals surface area contributed by atoms with E-state index in [9.17, 15) is 9.59 Å². The standard InChI is InChI=1S/C14H17ClN2O3/c1-9-12(14(19)20)6-7-17(9)8-13(18)16-11-4-2-10(15)3-5-11/h2-5,9,12H,6-8H2,1H3,(H,16,18)(H,19,20). The van der Waals surface area contributed by atoms with Gasteiger partial charge >= 0.3 is 5.97 Å². The molecule has 1 fully saturated rings. The Morgan fingerprint density at radius 1 is 1.40 bits per heavy atom. The summed E-state index contributed by atoms with van der Waals surface area (Å²) in [5.74, 6) is -1.33. The fourth-order valence-electron chi connectivity index (χ4n) is 2.48. The molecule has 0 bridgehead atoms. The van der Waals surface area contributed by atoms with Crippen molar-refractivity contribution in [3.05, 3.63) is 29.3 Å². The van der Waals surface area contributed by atoms with E-state index in [0.717, 1.165) is 0 Å². The van der Waals surface area contributed by atoms with Crippen molar-refractivity contribution in [2.75, 3.05) is 18.4 Å². The number of carbonyl (C=O) groups excluding carboxylic acids is 1. The van der Waals surface area contributed by atoms with Crippen molar-refractivity contribution in [2.45, 2.75) is 19.4 Å². The van der Waals surface area contributed by atoms with Crippen LogP contribution in [0.15, 0.2) is 24.3 Å². The SMILES string of the molecule is CC1C(C(=O)O)CCN1CC(=O)Nc1ccc(Cl)cc1. The van der Waals surface area contributed by atoms with Gasteiger partial charge in [0.1, 0.15) is 0 Å². The highest BCUT2D eigenvalue weighted by molar-refractivity contribution is 6.30. The molecule has 2 N–H and O–H groups in total. The lowest BCUT2D eigenvalue weighted by Gasteiger charge is -2.22. The number of carboxylic acid groups (broad SMARTS) is 1. The molecule has 5 nitrogen and oxygen atoms in total. The van der Waals surface area contributed by atoms with Crippen LogP contribution in [0.1, 0.15) is 13.3 Å². The molecule has 108 valence electrons. The molecular weight excluding hydrogens is 280 g/mol. The van der Waals surface area contributed by atoms with Crippen LogP contribution in [0.5, 0.6) is 0 Å². The highest BCUT2D eigenvalue weighted by Crippen LogP contribution is 2.24. The summed E-state index contributed by atoms with van der Waals surface area (Å²) in [5, 5.41) is 12.4. The van der Waals surface area contributed by atoms with Gasteiger partial charge in [0, 0.05) is 16.8 Å². The molecule has 2 unspecified atom stereocenters. The summed E-state index contributed by atoms with van der Waals surface area (Å²) in [5.41, 5.74) is 0.682. The predicted molar refractivity (Wildman–Crippen MR) is 76.9 cm³/mol. The molecular formula is C14H17ClN2O3. The van der Waals surface area contributed by atoms with Crippen molar-refractivity contribution in [3.63, 3.8) is 0 Å². The molecule has 1 amide bonds. The van der Waals surface area contributed by atoms with Crippen LogP contribution in [0.4, 0.5) is 5.69 Å². The van der Waals surface area contributed by atoms with E-state index in [2.05, 4.69) is 5.32 Å². The van der Waals surface area contributed by atoms with Crippen LogP contribution in [-0.2, 0) is 9.59 Å². The fourth-order valence-corrected chi connectivity index (χ4v) is 2.60. The number of likely N-dealkylation sites (tertiary alicyclic amines) is 1. The van der Waals surface area contributed by atoms with E-state index in [1.54, 1.807) is 24.3 Å². The number of carboxylic acids is 1. The minimum Gasteiger partial charge on any atom is -0.481 e. The van der Waals surface area contributed by atoms with Gasteiger partial charge in [0.05, 0.1) is 12.5 Å². The van der Waals surface area contributed by atoms with Gasteiger partial charge in [-0.15, -0.1) is 0 Å². The molecule has 1 saturated heterocycles. The summed E-state index contributed by atoms with van der Waals surface area (Å²) >= 11 is 5.77. The number of nitrogens with one attached hydrogen (secondary N) is 1. The monoisotopic (exact) mass is 296 g/mol. The van der Waals surface area contributed by atoms with Crippen LogP contribution < -0.4 is 5.32 Å². The average molecular weight is 297 g/mol. The molecule has 0 radical (unpaired) electrons. The molecule has 1 heterocycles. The number of amides is 1. The predicted octanol–water partition coefficient (Wildman–Crippen LogP) is 2.07. The first-order valence-electron chi connectivity index (χ1n) is 6.49. The van der Waals surface area contributed by atoms with E-state index >= 15 is 0 Å². The van der Waals surface area contributed by atoms with Gasteiger partial charge in [-0.2, -0.15) is 0 Å². The molecule has 2 atom stereocenters. The van der Waals surface area contributed by atoms with E-state index in [0.29, 0.717) is 23.7 Å². The number of aliphatic carboxylic acids is 1. The number of anilines is 1. The maximum absolute atomic E-state index is 11.9. The second-order valence-corrected chi connectivity index (χ2v) is 5.44. The first kappa shape index (κ1) is 14.8. The lowest BCUT2D eigenvalue weighted by atomic mass is 10.0. The van der Waals surface area contributed by atoms with Crippen molar-refractivity contribution in [1.82, 2.24) is 4.90 Å². The first-order valence-corrected chi connectivity index (χ1v) is 6.87. The molecule has 0 spiro atoms. The summed E-state index contributed by atoms with van der Waals surface area (Å²) in [6.07, 6.45) is 0.588. The Morgan fingerprint density at radius 2 is 2.05 bits per heavy atom. The van der Waals surface area contributed by atoms with E-state index in [1.165, 1.54) is 0 Å². The normalized spacial score (nSPS) is 22.7. The number of hydrogen-bond acceptors (Lipinski definition) is 3.